The van der Waals surface area contributed by atoms with Gasteiger partial charge in [-0.15, -0.1) is 0 Å². The third-order valence-electron chi connectivity index (χ3n) is 4.78. The molecule has 1 amide bonds. The Morgan fingerprint density at radius 3 is 2.12 bits per heavy atom. The fourth-order valence-corrected chi connectivity index (χ4v) is 3.44. The molecule has 0 radical (unpaired) electrons. The molecule has 1 aliphatic carbocycles. The van der Waals surface area contributed by atoms with Gasteiger partial charge in [-0.05, 0) is 43.1 Å². The minimum Gasteiger partial charge on any atom is -0.481 e. The molecule has 2 N–H and O–H groups in total. The van der Waals surface area contributed by atoms with Crippen molar-refractivity contribution in [1.82, 2.24) is 5.32 Å². The largest absolute Gasteiger partial charge is 0.481 e. The summed E-state index contributed by atoms with van der Waals surface area (Å²) in [6.07, 6.45) is 3.40. The number of benzene rings is 1. The van der Waals surface area contributed by atoms with Gasteiger partial charge in [0.25, 0.3) is 0 Å². The van der Waals surface area contributed by atoms with Crippen LogP contribution in [0.5, 0.6) is 0 Å². The number of carbonyl (C=O) groups is 2. The number of carboxylic acid groups (broad SMARTS) is 1. The monoisotopic (exact) mass is 331 g/mol. The molecule has 1 aromatic rings. The highest BCUT2D eigenvalue weighted by Crippen LogP contribution is 2.32. The van der Waals surface area contributed by atoms with Crippen molar-refractivity contribution in [3.63, 3.8) is 0 Å². The van der Waals surface area contributed by atoms with Crippen LogP contribution in [0.15, 0.2) is 30.3 Å². The molecule has 1 atom stereocenters. The van der Waals surface area contributed by atoms with Gasteiger partial charge in [0.1, 0.15) is 0 Å². The molecule has 24 heavy (non-hydrogen) atoms. The second-order valence-electron chi connectivity index (χ2n) is 8.12. The third-order valence-corrected chi connectivity index (χ3v) is 4.78. The number of carboxylic acids is 1. The number of hydrogen-bond donors (Lipinski definition) is 2. The molecule has 0 bridgehead atoms. The van der Waals surface area contributed by atoms with Crippen LogP contribution in [0.2, 0.25) is 0 Å². The Balaban J connectivity index is 2.01. The number of amides is 1. The fourth-order valence-electron chi connectivity index (χ4n) is 3.44. The van der Waals surface area contributed by atoms with Crippen LogP contribution in [-0.2, 0) is 9.59 Å². The summed E-state index contributed by atoms with van der Waals surface area (Å²) < 4.78 is 0. The molecule has 0 aliphatic heterocycles. The Morgan fingerprint density at radius 1 is 1.08 bits per heavy atom. The topological polar surface area (TPSA) is 66.4 Å². The van der Waals surface area contributed by atoms with Crippen LogP contribution in [0, 0.1) is 17.3 Å². The summed E-state index contributed by atoms with van der Waals surface area (Å²) in [6.45, 7) is 6.52. The maximum atomic E-state index is 12.7. The van der Waals surface area contributed by atoms with Crippen molar-refractivity contribution in [2.75, 3.05) is 0 Å². The van der Waals surface area contributed by atoms with Crippen molar-refractivity contribution in [2.24, 2.45) is 17.3 Å². The summed E-state index contributed by atoms with van der Waals surface area (Å²) in [5, 5.41) is 12.3. The van der Waals surface area contributed by atoms with Gasteiger partial charge in [-0.25, -0.2) is 0 Å². The lowest BCUT2D eigenvalue weighted by molar-refractivity contribution is -0.144. The zero-order chi connectivity index (χ0) is 17.7. The van der Waals surface area contributed by atoms with Crippen LogP contribution in [-0.4, -0.2) is 17.0 Å². The van der Waals surface area contributed by atoms with E-state index in [1.807, 2.05) is 18.2 Å². The fraction of sp³-hybridized carbons (Fsp3) is 0.600. The Labute approximate surface area is 144 Å². The van der Waals surface area contributed by atoms with E-state index >= 15 is 0 Å². The normalized spacial score (nSPS) is 22.6. The van der Waals surface area contributed by atoms with E-state index in [1.54, 1.807) is 0 Å². The van der Waals surface area contributed by atoms with Crippen LogP contribution in [0.3, 0.4) is 0 Å². The molecule has 132 valence electrons. The van der Waals surface area contributed by atoms with Crippen molar-refractivity contribution in [2.45, 2.75) is 58.9 Å². The lowest BCUT2D eigenvalue weighted by atomic mass is 9.81. The summed E-state index contributed by atoms with van der Waals surface area (Å²) >= 11 is 0. The van der Waals surface area contributed by atoms with Gasteiger partial charge in [0, 0.05) is 5.92 Å². The zero-order valence-corrected chi connectivity index (χ0v) is 14.9. The summed E-state index contributed by atoms with van der Waals surface area (Å²) in [5.74, 6) is -1.01. The average Bonchev–Trinajstić information content (AvgIpc) is 2.54. The van der Waals surface area contributed by atoms with Crippen LogP contribution < -0.4 is 5.32 Å². The summed E-state index contributed by atoms with van der Waals surface area (Å²) in [5.41, 5.74) is 1.23. The number of hydrogen-bond acceptors (Lipinski definition) is 2. The summed E-state index contributed by atoms with van der Waals surface area (Å²) in [6, 6.07) is 10.1. The number of rotatable bonds is 5. The molecular weight excluding hydrogens is 302 g/mol. The van der Waals surface area contributed by atoms with Gasteiger partial charge < -0.3 is 10.4 Å². The van der Waals surface area contributed by atoms with Crippen molar-refractivity contribution in [3.8, 4) is 0 Å². The molecule has 1 aromatic carbocycles. The molecule has 4 heteroatoms. The minimum absolute atomic E-state index is 0.00380. The molecule has 1 fully saturated rings. The van der Waals surface area contributed by atoms with Crippen LogP contribution >= 0.6 is 0 Å². The van der Waals surface area contributed by atoms with Gasteiger partial charge >= 0.3 is 5.97 Å². The van der Waals surface area contributed by atoms with E-state index in [9.17, 15) is 9.59 Å². The highest BCUT2D eigenvalue weighted by atomic mass is 16.4. The minimum atomic E-state index is -0.733. The van der Waals surface area contributed by atoms with E-state index in [0.717, 1.165) is 12.0 Å². The average molecular weight is 331 g/mol. The summed E-state index contributed by atoms with van der Waals surface area (Å²) in [7, 11) is 0. The molecule has 0 spiro atoms. The van der Waals surface area contributed by atoms with Crippen molar-refractivity contribution < 1.29 is 14.7 Å². The standard InChI is InChI=1S/C20H29NO3/c1-20(2,3)13-17(14-7-5-4-6-8-14)21-18(22)15-9-11-16(12-10-15)19(23)24/h4-8,15-17H,9-13H2,1-3H3,(H,21,22)(H,23,24). The lowest BCUT2D eigenvalue weighted by Crippen LogP contribution is -2.37. The Bertz CT molecular complexity index is 554. The van der Waals surface area contributed by atoms with E-state index in [0.29, 0.717) is 25.7 Å². The zero-order valence-electron chi connectivity index (χ0n) is 14.9. The van der Waals surface area contributed by atoms with E-state index in [2.05, 4.69) is 38.2 Å². The molecule has 0 saturated heterocycles. The van der Waals surface area contributed by atoms with E-state index in [4.69, 9.17) is 5.11 Å². The maximum absolute atomic E-state index is 12.7. The highest BCUT2D eigenvalue weighted by molar-refractivity contribution is 5.79. The molecule has 0 heterocycles. The van der Waals surface area contributed by atoms with Gasteiger partial charge in [-0.2, -0.15) is 0 Å². The number of nitrogens with one attached hydrogen (secondary N) is 1. The lowest BCUT2D eigenvalue weighted by Gasteiger charge is -2.30. The highest BCUT2D eigenvalue weighted by Gasteiger charge is 2.31. The van der Waals surface area contributed by atoms with E-state index < -0.39 is 5.97 Å². The number of aliphatic carboxylic acids is 1. The van der Waals surface area contributed by atoms with Gasteiger partial charge in [-0.3, -0.25) is 9.59 Å². The van der Waals surface area contributed by atoms with Crippen molar-refractivity contribution >= 4 is 11.9 Å². The molecular formula is C20H29NO3. The molecule has 1 unspecified atom stereocenters. The SMILES string of the molecule is CC(C)(C)CC(NC(=O)C1CCC(C(=O)O)CC1)c1ccccc1. The van der Waals surface area contributed by atoms with Crippen LogP contribution in [0.25, 0.3) is 0 Å². The Hall–Kier alpha value is -1.84. The van der Waals surface area contributed by atoms with Crippen LogP contribution in [0.4, 0.5) is 0 Å². The quantitative estimate of drug-likeness (QED) is 0.851. The molecule has 0 aromatic heterocycles. The summed E-state index contributed by atoms with van der Waals surface area (Å²) in [4.78, 5) is 23.7. The second kappa shape index (κ2) is 7.82. The Morgan fingerprint density at radius 2 is 1.62 bits per heavy atom. The first-order chi connectivity index (χ1) is 11.3. The van der Waals surface area contributed by atoms with Gasteiger partial charge in [0.05, 0.1) is 12.0 Å². The smallest absolute Gasteiger partial charge is 0.306 e. The number of carbonyl (C=O) groups excluding carboxylic acids is 1. The molecule has 2 rings (SSSR count). The van der Waals surface area contributed by atoms with Crippen molar-refractivity contribution in [1.29, 1.82) is 0 Å². The maximum Gasteiger partial charge on any atom is 0.306 e. The first-order valence-corrected chi connectivity index (χ1v) is 8.84. The first kappa shape index (κ1) is 18.5. The van der Waals surface area contributed by atoms with Gasteiger partial charge in [0.2, 0.25) is 5.91 Å². The van der Waals surface area contributed by atoms with Crippen LogP contribution in [0.1, 0.15) is 64.5 Å². The Kier molecular flexibility index (Phi) is 6.03. The second-order valence-corrected chi connectivity index (χ2v) is 8.12. The van der Waals surface area contributed by atoms with E-state index in [-0.39, 0.29) is 29.2 Å². The van der Waals surface area contributed by atoms with E-state index in [1.165, 1.54) is 0 Å². The molecule has 4 nitrogen and oxygen atoms in total. The first-order valence-electron chi connectivity index (χ1n) is 8.84. The predicted octanol–water partition coefficient (Wildman–Crippen LogP) is 4.17. The third kappa shape index (κ3) is 5.36. The van der Waals surface area contributed by atoms with Gasteiger partial charge in [-0.1, -0.05) is 51.1 Å². The van der Waals surface area contributed by atoms with Gasteiger partial charge in [0.15, 0.2) is 0 Å². The molecule has 1 aliphatic rings. The van der Waals surface area contributed by atoms with Crippen molar-refractivity contribution in [3.05, 3.63) is 35.9 Å². The molecule has 1 saturated carbocycles. The predicted molar refractivity (Wildman–Crippen MR) is 94.5 cm³/mol.